The molecule has 2 heterocycles. The van der Waals surface area contributed by atoms with Crippen LogP contribution in [0.15, 0.2) is 36.4 Å². The molecular weight excluding hydrogens is 370 g/mol. The fourth-order valence-corrected chi connectivity index (χ4v) is 4.61. The average molecular weight is 396 g/mol. The van der Waals surface area contributed by atoms with Crippen LogP contribution in [0, 0.1) is 6.92 Å². The Kier molecular flexibility index (Phi) is 5.59. The summed E-state index contributed by atoms with van der Waals surface area (Å²) >= 11 is 1.46. The lowest BCUT2D eigenvalue weighted by atomic mass is 10.1. The maximum atomic E-state index is 12.6. The first-order valence-corrected chi connectivity index (χ1v) is 10.5. The monoisotopic (exact) mass is 395 g/mol. The number of likely N-dealkylation sites (tertiary alicyclic amines) is 1. The molecule has 1 amide bonds. The number of aromatic nitrogens is 1. The van der Waals surface area contributed by atoms with E-state index in [4.69, 9.17) is 4.74 Å². The molecule has 28 heavy (non-hydrogen) atoms. The largest absolute Gasteiger partial charge is 0.497 e. The molecule has 0 radical (unpaired) electrons. The van der Waals surface area contributed by atoms with Gasteiger partial charge in [0.15, 0.2) is 0 Å². The topological polar surface area (TPSA) is 54.5 Å². The Balaban J connectivity index is 1.48. The normalized spacial score (nSPS) is 14.5. The van der Waals surface area contributed by atoms with Crippen molar-refractivity contribution in [2.75, 3.05) is 33.3 Å². The number of hydrogen-bond acceptors (Lipinski definition) is 5. The van der Waals surface area contributed by atoms with Crippen molar-refractivity contribution in [2.45, 2.75) is 19.8 Å². The molecule has 6 heteroatoms. The van der Waals surface area contributed by atoms with Crippen LogP contribution in [0.2, 0.25) is 0 Å². The molecule has 1 aliphatic rings. The van der Waals surface area contributed by atoms with E-state index in [-0.39, 0.29) is 5.91 Å². The number of benzene rings is 2. The minimum Gasteiger partial charge on any atom is -0.497 e. The molecule has 3 aromatic rings. The Morgan fingerprint density at radius 2 is 1.93 bits per heavy atom. The van der Waals surface area contributed by atoms with E-state index in [2.05, 4.69) is 33.4 Å². The Hall–Kier alpha value is -2.44. The third-order valence-corrected chi connectivity index (χ3v) is 6.41. The summed E-state index contributed by atoms with van der Waals surface area (Å²) in [6.07, 6.45) is 2.54. The second-order valence-corrected chi connectivity index (χ2v) is 8.17. The number of methoxy groups -OCH3 is 1. The molecule has 1 N–H and O–H groups in total. The van der Waals surface area contributed by atoms with Gasteiger partial charge in [0.25, 0.3) is 5.91 Å². The second kappa shape index (κ2) is 8.29. The Morgan fingerprint density at radius 3 is 2.71 bits per heavy atom. The highest BCUT2D eigenvalue weighted by atomic mass is 32.1. The number of thiazole rings is 1. The summed E-state index contributed by atoms with van der Waals surface area (Å²) in [6.45, 7) is 5.80. The molecule has 1 aromatic heterocycles. The SMILES string of the molecule is COc1ccc2cc(-c3nc(C)c(C(=O)NCCN4CCCC4)s3)ccc2c1. The number of amides is 1. The van der Waals surface area contributed by atoms with Gasteiger partial charge in [-0.3, -0.25) is 4.79 Å². The van der Waals surface area contributed by atoms with Crippen molar-refractivity contribution in [3.63, 3.8) is 0 Å². The van der Waals surface area contributed by atoms with Crippen LogP contribution in [-0.4, -0.2) is 49.1 Å². The van der Waals surface area contributed by atoms with Crippen LogP contribution in [0.4, 0.5) is 0 Å². The van der Waals surface area contributed by atoms with E-state index < -0.39 is 0 Å². The zero-order chi connectivity index (χ0) is 19.5. The minimum atomic E-state index is -0.0222. The molecule has 1 fully saturated rings. The number of rotatable bonds is 6. The summed E-state index contributed by atoms with van der Waals surface area (Å²) in [7, 11) is 1.67. The first kappa shape index (κ1) is 18.9. The van der Waals surface area contributed by atoms with Crippen molar-refractivity contribution in [3.05, 3.63) is 47.0 Å². The van der Waals surface area contributed by atoms with Gasteiger partial charge in [-0.25, -0.2) is 4.98 Å². The van der Waals surface area contributed by atoms with Crippen LogP contribution >= 0.6 is 11.3 Å². The van der Waals surface area contributed by atoms with Gasteiger partial charge in [-0.2, -0.15) is 0 Å². The fraction of sp³-hybridized carbons (Fsp3) is 0.364. The van der Waals surface area contributed by atoms with Gasteiger partial charge >= 0.3 is 0 Å². The van der Waals surface area contributed by atoms with Gasteiger partial charge in [-0.15, -0.1) is 11.3 Å². The van der Waals surface area contributed by atoms with Crippen molar-refractivity contribution in [1.82, 2.24) is 15.2 Å². The molecule has 0 aliphatic carbocycles. The fourth-order valence-electron chi connectivity index (χ4n) is 3.63. The highest BCUT2D eigenvalue weighted by molar-refractivity contribution is 7.17. The molecule has 5 nitrogen and oxygen atoms in total. The molecule has 2 aromatic carbocycles. The number of aryl methyl sites for hydroxylation is 1. The second-order valence-electron chi connectivity index (χ2n) is 7.17. The standard InChI is InChI=1S/C22H25N3O2S/c1-15-20(21(26)23-9-12-25-10-3-4-11-25)28-22(24-15)18-6-5-17-14-19(27-2)8-7-16(17)13-18/h5-8,13-14H,3-4,9-12H2,1-2H3,(H,23,26). The lowest BCUT2D eigenvalue weighted by Gasteiger charge is -2.14. The lowest BCUT2D eigenvalue weighted by Crippen LogP contribution is -2.33. The van der Waals surface area contributed by atoms with E-state index in [0.717, 1.165) is 52.4 Å². The van der Waals surface area contributed by atoms with Gasteiger partial charge in [-0.05, 0) is 61.8 Å². The van der Waals surface area contributed by atoms with E-state index in [1.54, 1.807) is 7.11 Å². The molecule has 4 rings (SSSR count). The molecular formula is C22H25N3O2S. The van der Waals surface area contributed by atoms with Crippen molar-refractivity contribution >= 4 is 28.0 Å². The van der Waals surface area contributed by atoms with Crippen LogP contribution in [0.5, 0.6) is 5.75 Å². The zero-order valence-corrected chi connectivity index (χ0v) is 17.1. The van der Waals surface area contributed by atoms with Crippen molar-refractivity contribution in [2.24, 2.45) is 0 Å². The van der Waals surface area contributed by atoms with Crippen LogP contribution in [0.1, 0.15) is 28.2 Å². The maximum absolute atomic E-state index is 12.6. The van der Waals surface area contributed by atoms with Gasteiger partial charge in [0.05, 0.1) is 12.8 Å². The highest BCUT2D eigenvalue weighted by Crippen LogP contribution is 2.31. The summed E-state index contributed by atoms with van der Waals surface area (Å²) in [6, 6.07) is 12.3. The molecule has 0 atom stereocenters. The summed E-state index contributed by atoms with van der Waals surface area (Å²) < 4.78 is 5.29. The molecule has 0 saturated carbocycles. The first-order chi connectivity index (χ1) is 13.6. The number of nitrogens with one attached hydrogen (secondary N) is 1. The Morgan fingerprint density at radius 1 is 1.18 bits per heavy atom. The predicted molar refractivity (Wildman–Crippen MR) is 114 cm³/mol. The Labute approximate surface area is 169 Å². The number of ether oxygens (including phenoxy) is 1. The average Bonchev–Trinajstić information content (AvgIpc) is 3.36. The zero-order valence-electron chi connectivity index (χ0n) is 16.3. The third kappa shape index (κ3) is 4.03. The number of hydrogen-bond donors (Lipinski definition) is 1. The van der Waals surface area contributed by atoms with E-state index >= 15 is 0 Å². The quantitative estimate of drug-likeness (QED) is 0.683. The van der Waals surface area contributed by atoms with Crippen LogP contribution in [0.3, 0.4) is 0 Å². The van der Waals surface area contributed by atoms with E-state index in [9.17, 15) is 4.79 Å². The van der Waals surface area contributed by atoms with Crippen LogP contribution in [-0.2, 0) is 0 Å². The van der Waals surface area contributed by atoms with E-state index in [1.165, 1.54) is 24.2 Å². The Bertz CT molecular complexity index is 993. The van der Waals surface area contributed by atoms with Crippen molar-refractivity contribution in [3.8, 4) is 16.3 Å². The number of nitrogens with zero attached hydrogens (tertiary/aromatic N) is 2. The molecule has 1 aliphatic heterocycles. The van der Waals surface area contributed by atoms with Crippen molar-refractivity contribution in [1.29, 1.82) is 0 Å². The van der Waals surface area contributed by atoms with Crippen molar-refractivity contribution < 1.29 is 9.53 Å². The number of fused-ring (bicyclic) bond motifs is 1. The predicted octanol–water partition coefficient (Wildman–Crippen LogP) is 4.11. The third-order valence-electron chi connectivity index (χ3n) is 5.21. The van der Waals surface area contributed by atoms with Gasteiger partial charge in [-0.1, -0.05) is 18.2 Å². The van der Waals surface area contributed by atoms with Gasteiger partial charge in [0, 0.05) is 18.7 Å². The first-order valence-electron chi connectivity index (χ1n) is 9.70. The molecule has 1 saturated heterocycles. The highest BCUT2D eigenvalue weighted by Gasteiger charge is 2.17. The molecule has 146 valence electrons. The summed E-state index contributed by atoms with van der Waals surface area (Å²) in [5, 5.41) is 6.17. The van der Waals surface area contributed by atoms with Crippen LogP contribution in [0.25, 0.3) is 21.3 Å². The minimum absolute atomic E-state index is 0.0222. The number of carbonyl (C=O) groups is 1. The summed E-state index contributed by atoms with van der Waals surface area (Å²) in [5.41, 5.74) is 1.82. The summed E-state index contributed by atoms with van der Waals surface area (Å²) in [4.78, 5) is 20.3. The molecule has 0 spiro atoms. The molecule has 0 bridgehead atoms. The number of carbonyl (C=O) groups excluding carboxylic acids is 1. The summed E-state index contributed by atoms with van der Waals surface area (Å²) in [5.74, 6) is 0.823. The van der Waals surface area contributed by atoms with E-state index in [0.29, 0.717) is 11.4 Å². The lowest BCUT2D eigenvalue weighted by molar-refractivity contribution is 0.0953. The van der Waals surface area contributed by atoms with Crippen LogP contribution < -0.4 is 10.1 Å². The van der Waals surface area contributed by atoms with E-state index in [1.807, 2.05) is 25.1 Å². The molecule has 0 unspecified atom stereocenters. The smallest absolute Gasteiger partial charge is 0.263 e. The van der Waals surface area contributed by atoms with Gasteiger partial charge < -0.3 is 15.0 Å². The van der Waals surface area contributed by atoms with Gasteiger partial charge in [0.1, 0.15) is 15.6 Å². The maximum Gasteiger partial charge on any atom is 0.263 e. The van der Waals surface area contributed by atoms with Gasteiger partial charge in [0.2, 0.25) is 0 Å².